The zero-order valence-electron chi connectivity index (χ0n) is 7.07. The number of hydrogen-bond donors (Lipinski definition) is 3. The van der Waals surface area contributed by atoms with Gasteiger partial charge in [-0.15, -0.1) is 0 Å². The Morgan fingerprint density at radius 1 is 1.58 bits per heavy atom. The van der Waals surface area contributed by atoms with E-state index in [1.807, 2.05) is 0 Å². The van der Waals surface area contributed by atoms with Gasteiger partial charge in [0.05, 0.1) is 12.1 Å². The molecule has 0 aromatic heterocycles. The summed E-state index contributed by atoms with van der Waals surface area (Å²) in [5.74, 6) is -0.555. The third kappa shape index (κ3) is 3.45. The van der Waals surface area contributed by atoms with Gasteiger partial charge in [0, 0.05) is 0 Å². The molecule has 69 valence electrons. The third-order valence-corrected chi connectivity index (χ3v) is 1.36. The number of aliphatic hydroxyl groups excluding tert-OH is 1. The van der Waals surface area contributed by atoms with Gasteiger partial charge in [-0.3, -0.25) is 9.59 Å². The highest BCUT2D eigenvalue weighted by molar-refractivity contribution is 5.84. The van der Waals surface area contributed by atoms with Gasteiger partial charge < -0.3 is 16.2 Å². The van der Waals surface area contributed by atoms with Crippen molar-refractivity contribution in [2.24, 2.45) is 5.73 Å². The predicted molar refractivity (Wildman–Crippen MR) is 43.0 cm³/mol. The Morgan fingerprint density at radius 2 is 2.08 bits per heavy atom. The lowest BCUT2D eigenvalue weighted by atomic mass is 10.2. The van der Waals surface area contributed by atoms with Gasteiger partial charge in [0.1, 0.15) is 6.04 Å². The summed E-state index contributed by atoms with van der Waals surface area (Å²) in [4.78, 5) is 21.0. The number of aliphatic hydroxyl groups is 1. The van der Waals surface area contributed by atoms with Crippen LogP contribution in [0.4, 0.5) is 0 Å². The van der Waals surface area contributed by atoms with E-state index in [0.29, 0.717) is 0 Å². The molecular formula is C7H13N2O3. The summed E-state index contributed by atoms with van der Waals surface area (Å²) in [6.45, 7) is 2.87. The standard InChI is InChI=1S/C7H13N2O3/c1-4(3-10)9-7(12)6(8)5(2)11/h4-6,11H,8H2,1-2H3,(H,9,12)/t4-,5+,6-/m0/s1. The average Bonchev–Trinajstić information content (AvgIpc) is 2.02. The van der Waals surface area contributed by atoms with Crippen molar-refractivity contribution >= 4 is 12.2 Å². The Hall–Kier alpha value is -0.940. The normalized spacial score (nSPS) is 17.7. The second-order valence-electron chi connectivity index (χ2n) is 2.61. The first-order chi connectivity index (χ1) is 5.49. The summed E-state index contributed by atoms with van der Waals surface area (Å²) in [6.07, 6.45) is 0.643. The quantitative estimate of drug-likeness (QED) is 0.473. The molecule has 0 spiro atoms. The number of nitrogens with two attached hydrogens (primary N) is 1. The molecule has 0 aromatic rings. The summed E-state index contributed by atoms with van der Waals surface area (Å²) in [6, 6.07) is -1.69. The Bertz CT molecular complexity index is 170. The maximum Gasteiger partial charge on any atom is 0.240 e. The molecule has 0 aromatic carbocycles. The van der Waals surface area contributed by atoms with Crippen molar-refractivity contribution in [2.75, 3.05) is 0 Å². The smallest absolute Gasteiger partial charge is 0.240 e. The van der Waals surface area contributed by atoms with E-state index in [-0.39, 0.29) is 0 Å². The molecule has 0 saturated carbocycles. The van der Waals surface area contributed by atoms with Crippen molar-refractivity contribution in [1.82, 2.24) is 5.32 Å². The number of amides is 1. The topological polar surface area (TPSA) is 92.4 Å². The summed E-state index contributed by atoms with van der Waals surface area (Å²) in [7, 11) is 0. The van der Waals surface area contributed by atoms with Crippen molar-refractivity contribution < 1.29 is 14.7 Å². The molecule has 0 rings (SSSR count). The molecule has 0 heterocycles. The highest BCUT2D eigenvalue weighted by Gasteiger charge is 2.19. The van der Waals surface area contributed by atoms with Crippen LogP contribution in [-0.2, 0) is 9.59 Å². The molecular weight excluding hydrogens is 160 g/mol. The van der Waals surface area contributed by atoms with E-state index < -0.39 is 24.1 Å². The molecule has 4 N–H and O–H groups in total. The van der Waals surface area contributed by atoms with Gasteiger partial charge in [-0.05, 0) is 13.8 Å². The van der Waals surface area contributed by atoms with Crippen LogP contribution in [0.1, 0.15) is 13.8 Å². The van der Waals surface area contributed by atoms with E-state index in [1.165, 1.54) is 13.8 Å². The van der Waals surface area contributed by atoms with Crippen LogP contribution in [0.25, 0.3) is 0 Å². The van der Waals surface area contributed by atoms with Crippen LogP contribution in [0.5, 0.6) is 0 Å². The zero-order valence-corrected chi connectivity index (χ0v) is 7.07. The van der Waals surface area contributed by atoms with Crippen LogP contribution < -0.4 is 11.1 Å². The van der Waals surface area contributed by atoms with Crippen molar-refractivity contribution in [3.8, 4) is 0 Å². The van der Waals surface area contributed by atoms with E-state index in [1.54, 1.807) is 6.29 Å². The fraction of sp³-hybridized carbons (Fsp3) is 0.714. The van der Waals surface area contributed by atoms with Gasteiger partial charge in [-0.2, -0.15) is 0 Å². The van der Waals surface area contributed by atoms with Gasteiger partial charge in [-0.1, -0.05) is 0 Å². The van der Waals surface area contributed by atoms with E-state index in [9.17, 15) is 9.59 Å². The maximum atomic E-state index is 11.0. The third-order valence-electron chi connectivity index (χ3n) is 1.36. The summed E-state index contributed by atoms with van der Waals surface area (Å²) in [5.41, 5.74) is 5.27. The number of rotatable bonds is 4. The van der Waals surface area contributed by atoms with Gasteiger partial charge in [-0.25, -0.2) is 0 Å². The van der Waals surface area contributed by atoms with Crippen LogP contribution in [0.2, 0.25) is 0 Å². The van der Waals surface area contributed by atoms with E-state index in [0.717, 1.165) is 0 Å². The second-order valence-corrected chi connectivity index (χ2v) is 2.61. The molecule has 1 radical (unpaired) electrons. The SMILES string of the molecule is C[C@@H]([C]=O)NC(=O)[C@@H](N)[C@@H](C)O. The van der Waals surface area contributed by atoms with E-state index >= 15 is 0 Å². The molecule has 0 aliphatic carbocycles. The van der Waals surface area contributed by atoms with E-state index in [4.69, 9.17) is 10.8 Å². The van der Waals surface area contributed by atoms with Crippen LogP contribution in [-0.4, -0.2) is 35.5 Å². The van der Waals surface area contributed by atoms with Crippen LogP contribution in [0.15, 0.2) is 0 Å². The summed E-state index contributed by atoms with van der Waals surface area (Å²) >= 11 is 0. The minimum atomic E-state index is -0.999. The molecule has 0 bridgehead atoms. The molecule has 0 saturated heterocycles. The first-order valence-corrected chi connectivity index (χ1v) is 3.60. The lowest BCUT2D eigenvalue weighted by Gasteiger charge is -2.15. The number of carbonyl (C=O) groups excluding carboxylic acids is 2. The monoisotopic (exact) mass is 173 g/mol. The molecule has 12 heavy (non-hydrogen) atoms. The molecule has 3 atom stereocenters. The minimum absolute atomic E-state index is 0.555. The number of hydrogen-bond acceptors (Lipinski definition) is 4. The van der Waals surface area contributed by atoms with Crippen molar-refractivity contribution in [3.05, 3.63) is 0 Å². The van der Waals surface area contributed by atoms with Crippen molar-refractivity contribution in [1.29, 1.82) is 0 Å². The minimum Gasteiger partial charge on any atom is -0.391 e. The van der Waals surface area contributed by atoms with Crippen LogP contribution in [0, 0.1) is 0 Å². The van der Waals surface area contributed by atoms with Crippen LogP contribution >= 0.6 is 0 Å². The number of carbonyl (C=O) groups is 1. The molecule has 5 nitrogen and oxygen atoms in total. The van der Waals surface area contributed by atoms with Crippen LogP contribution in [0.3, 0.4) is 0 Å². The molecule has 1 amide bonds. The second kappa shape index (κ2) is 4.84. The first kappa shape index (κ1) is 11.1. The molecule has 0 aliphatic rings. The highest BCUT2D eigenvalue weighted by Crippen LogP contribution is 1.89. The molecule has 0 fully saturated rings. The Labute approximate surface area is 70.9 Å². The molecule has 5 heteroatoms. The Balaban J connectivity index is 3.95. The van der Waals surface area contributed by atoms with Gasteiger partial charge in [0.2, 0.25) is 12.2 Å². The Kier molecular flexibility index (Phi) is 4.46. The lowest BCUT2D eigenvalue weighted by Crippen LogP contribution is -2.49. The lowest BCUT2D eigenvalue weighted by molar-refractivity contribution is -0.124. The fourth-order valence-corrected chi connectivity index (χ4v) is 0.558. The predicted octanol–water partition coefficient (Wildman–Crippen LogP) is -1.69. The maximum absolute atomic E-state index is 11.0. The number of nitrogens with one attached hydrogen (secondary N) is 1. The summed E-state index contributed by atoms with van der Waals surface area (Å²) in [5, 5.41) is 11.2. The van der Waals surface area contributed by atoms with Crippen molar-refractivity contribution in [2.45, 2.75) is 32.0 Å². The summed E-state index contributed by atoms with van der Waals surface area (Å²) < 4.78 is 0. The van der Waals surface area contributed by atoms with Gasteiger partial charge in [0.15, 0.2) is 0 Å². The molecule has 0 unspecified atom stereocenters. The zero-order chi connectivity index (χ0) is 9.72. The average molecular weight is 173 g/mol. The first-order valence-electron chi connectivity index (χ1n) is 3.60. The Morgan fingerprint density at radius 3 is 2.42 bits per heavy atom. The largest absolute Gasteiger partial charge is 0.391 e. The van der Waals surface area contributed by atoms with Crippen molar-refractivity contribution in [3.63, 3.8) is 0 Å². The van der Waals surface area contributed by atoms with E-state index in [2.05, 4.69) is 5.32 Å². The molecule has 0 aliphatic heterocycles. The fourth-order valence-electron chi connectivity index (χ4n) is 0.558. The van der Waals surface area contributed by atoms with Gasteiger partial charge in [0.25, 0.3) is 0 Å². The van der Waals surface area contributed by atoms with Gasteiger partial charge >= 0.3 is 0 Å². The highest BCUT2D eigenvalue weighted by atomic mass is 16.3.